The molecule has 0 radical (unpaired) electrons. The van der Waals surface area contributed by atoms with Gasteiger partial charge >= 0.3 is 0 Å². The van der Waals surface area contributed by atoms with E-state index in [1.807, 2.05) is 26.2 Å². The number of benzene rings is 2. The zero-order valence-electron chi connectivity index (χ0n) is 15.7. The lowest BCUT2D eigenvalue weighted by atomic mass is 10.0. The minimum atomic E-state index is -0.117. The van der Waals surface area contributed by atoms with Crippen LogP contribution in [0.3, 0.4) is 0 Å². The van der Waals surface area contributed by atoms with Crippen molar-refractivity contribution >= 4 is 11.6 Å². The van der Waals surface area contributed by atoms with E-state index in [-0.39, 0.29) is 11.9 Å². The first-order chi connectivity index (χ1) is 11.9. The van der Waals surface area contributed by atoms with Gasteiger partial charge in [0.1, 0.15) is 11.8 Å². The van der Waals surface area contributed by atoms with Gasteiger partial charge in [0.05, 0.1) is 33.3 Å². The van der Waals surface area contributed by atoms with Crippen molar-refractivity contribution in [3.8, 4) is 5.75 Å². The molecule has 2 N–H and O–H groups in total. The highest BCUT2D eigenvalue weighted by atomic mass is 16.5. The van der Waals surface area contributed by atoms with Crippen molar-refractivity contribution < 1.29 is 14.4 Å². The Labute approximate surface area is 150 Å². The van der Waals surface area contributed by atoms with Crippen LogP contribution in [0.15, 0.2) is 48.5 Å². The fourth-order valence-electron chi connectivity index (χ4n) is 2.78. The van der Waals surface area contributed by atoms with Crippen molar-refractivity contribution in [3.05, 3.63) is 59.7 Å². The van der Waals surface area contributed by atoms with Crippen molar-refractivity contribution in [2.45, 2.75) is 6.04 Å². The van der Waals surface area contributed by atoms with Gasteiger partial charge in [0.25, 0.3) is 5.91 Å². The fourth-order valence-corrected chi connectivity index (χ4v) is 2.78. The number of para-hydroxylation sites is 1. The third kappa shape index (κ3) is 4.73. The molecule has 5 heteroatoms. The van der Waals surface area contributed by atoms with Gasteiger partial charge in [-0.3, -0.25) is 4.79 Å². The molecule has 0 unspecified atom stereocenters. The number of rotatable bonds is 7. The third-order valence-electron chi connectivity index (χ3n) is 4.33. The molecule has 0 spiro atoms. The van der Waals surface area contributed by atoms with E-state index in [9.17, 15) is 4.79 Å². The molecule has 0 saturated carbocycles. The molecule has 2 aromatic carbocycles. The molecule has 0 fully saturated rings. The van der Waals surface area contributed by atoms with Crippen LogP contribution in [0.5, 0.6) is 5.75 Å². The Bertz CT molecular complexity index is 696. The number of quaternary nitrogens is 1. The minimum absolute atomic E-state index is 0.117. The van der Waals surface area contributed by atoms with Gasteiger partial charge in [-0.25, -0.2) is 0 Å². The maximum absolute atomic E-state index is 12.5. The number of nitrogens with zero attached hydrogens (tertiary/aromatic N) is 1. The number of hydrogen-bond acceptors (Lipinski definition) is 3. The molecule has 2 aromatic rings. The predicted molar refractivity (Wildman–Crippen MR) is 102 cm³/mol. The van der Waals surface area contributed by atoms with Gasteiger partial charge < -0.3 is 19.9 Å². The van der Waals surface area contributed by atoms with Crippen LogP contribution < -0.4 is 19.9 Å². The number of likely N-dealkylation sites (N-methyl/N-ethyl adjacent to an activating group) is 1. The fraction of sp³-hybridized carbons (Fsp3) is 0.350. The Hall–Kier alpha value is -2.53. The van der Waals surface area contributed by atoms with Crippen molar-refractivity contribution in [2.24, 2.45) is 0 Å². The highest BCUT2D eigenvalue weighted by Crippen LogP contribution is 2.18. The smallest absolute Gasteiger partial charge is 0.255 e. The lowest BCUT2D eigenvalue weighted by Gasteiger charge is -2.23. The van der Waals surface area contributed by atoms with Gasteiger partial charge in [0.2, 0.25) is 0 Å². The molecule has 0 heterocycles. The second-order valence-electron chi connectivity index (χ2n) is 6.53. The summed E-state index contributed by atoms with van der Waals surface area (Å²) >= 11 is 0. The van der Waals surface area contributed by atoms with E-state index in [0.29, 0.717) is 17.9 Å². The van der Waals surface area contributed by atoms with Crippen LogP contribution in [0, 0.1) is 0 Å². The summed E-state index contributed by atoms with van der Waals surface area (Å²) in [5.74, 6) is 0.470. The van der Waals surface area contributed by atoms with Crippen molar-refractivity contribution in [1.82, 2.24) is 5.32 Å². The van der Waals surface area contributed by atoms with Gasteiger partial charge in [0, 0.05) is 25.3 Å². The molecule has 5 nitrogen and oxygen atoms in total. The average Bonchev–Trinajstić information content (AvgIpc) is 2.61. The number of anilines is 1. The number of ether oxygens (including phenoxy) is 1. The first-order valence-electron chi connectivity index (χ1n) is 8.42. The first-order valence-corrected chi connectivity index (χ1v) is 8.42. The van der Waals surface area contributed by atoms with Gasteiger partial charge in [0.15, 0.2) is 0 Å². The molecule has 0 aliphatic carbocycles. The Morgan fingerprint density at radius 1 is 1.12 bits per heavy atom. The number of amides is 1. The van der Waals surface area contributed by atoms with Gasteiger partial charge in [-0.1, -0.05) is 24.3 Å². The quantitative estimate of drug-likeness (QED) is 0.799. The van der Waals surface area contributed by atoms with Crippen LogP contribution >= 0.6 is 0 Å². The van der Waals surface area contributed by atoms with E-state index >= 15 is 0 Å². The molecule has 25 heavy (non-hydrogen) atoms. The molecule has 2 rings (SSSR count). The lowest BCUT2D eigenvalue weighted by Crippen LogP contribution is -3.07. The monoisotopic (exact) mass is 342 g/mol. The Morgan fingerprint density at radius 2 is 1.76 bits per heavy atom. The van der Waals surface area contributed by atoms with E-state index < -0.39 is 0 Å². The van der Waals surface area contributed by atoms with Crippen LogP contribution in [0.2, 0.25) is 0 Å². The standard InChI is InChI=1S/C20H27N3O2/c1-22(2)16-12-10-15(11-13-16)18(23(3)4)14-21-20(24)17-8-6-7-9-19(17)25-5/h6-13,18H,14H2,1-5H3,(H,21,24)/p+1/t18-/m1/s1. The van der Waals surface area contributed by atoms with Gasteiger partial charge in [-0.15, -0.1) is 0 Å². The Balaban J connectivity index is 2.10. The number of carbonyl (C=O) groups is 1. The summed E-state index contributed by atoms with van der Waals surface area (Å²) in [6.45, 7) is 0.556. The second kappa shape index (κ2) is 8.53. The number of hydrogen-bond donors (Lipinski definition) is 2. The molecular weight excluding hydrogens is 314 g/mol. The molecule has 0 aliphatic heterocycles. The Kier molecular flexibility index (Phi) is 6.42. The summed E-state index contributed by atoms with van der Waals surface area (Å²) in [5, 5.41) is 3.04. The SMILES string of the molecule is COc1ccccc1C(=O)NC[C@H](c1ccc(N(C)C)cc1)[NH+](C)C. The molecule has 134 valence electrons. The lowest BCUT2D eigenvalue weighted by molar-refractivity contribution is -0.890. The van der Waals surface area contributed by atoms with Crippen molar-refractivity contribution in [3.63, 3.8) is 0 Å². The highest BCUT2D eigenvalue weighted by molar-refractivity contribution is 5.96. The predicted octanol–water partition coefficient (Wildman–Crippen LogP) is 1.38. The summed E-state index contributed by atoms with van der Waals surface area (Å²) in [7, 11) is 9.82. The molecule has 0 aromatic heterocycles. The molecular formula is C20H28N3O2+. The summed E-state index contributed by atoms with van der Waals surface area (Å²) < 4.78 is 5.27. The van der Waals surface area contributed by atoms with Gasteiger partial charge in [-0.05, 0) is 24.3 Å². The van der Waals surface area contributed by atoms with E-state index in [2.05, 4.69) is 48.6 Å². The normalized spacial score (nSPS) is 11.9. The van der Waals surface area contributed by atoms with Crippen molar-refractivity contribution in [1.29, 1.82) is 0 Å². The summed E-state index contributed by atoms with van der Waals surface area (Å²) in [5.41, 5.74) is 2.92. The summed E-state index contributed by atoms with van der Waals surface area (Å²) in [6, 6.07) is 15.9. The van der Waals surface area contributed by atoms with E-state index in [1.54, 1.807) is 19.2 Å². The van der Waals surface area contributed by atoms with Crippen LogP contribution in [0.4, 0.5) is 5.69 Å². The summed E-state index contributed by atoms with van der Waals surface area (Å²) in [4.78, 5) is 15.9. The number of methoxy groups -OCH3 is 1. The number of carbonyl (C=O) groups excluding carboxylic acids is 1. The zero-order valence-corrected chi connectivity index (χ0v) is 15.7. The van der Waals surface area contributed by atoms with Crippen LogP contribution in [0.25, 0.3) is 0 Å². The Morgan fingerprint density at radius 3 is 2.32 bits per heavy atom. The van der Waals surface area contributed by atoms with Crippen LogP contribution in [-0.4, -0.2) is 47.8 Å². The molecule has 0 saturated heterocycles. The van der Waals surface area contributed by atoms with E-state index in [1.165, 1.54) is 10.5 Å². The molecule has 0 aliphatic rings. The topological polar surface area (TPSA) is 46.0 Å². The maximum atomic E-state index is 12.5. The van der Waals surface area contributed by atoms with Crippen LogP contribution in [-0.2, 0) is 0 Å². The molecule has 1 amide bonds. The van der Waals surface area contributed by atoms with E-state index in [4.69, 9.17) is 4.74 Å². The van der Waals surface area contributed by atoms with Gasteiger partial charge in [-0.2, -0.15) is 0 Å². The van der Waals surface area contributed by atoms with Crippen molar-refractivity contribution in [2.75, 3.05) is 46.7 Å². The van der Waals surface area contributed by atoms with E-state index in [0.717, 1.165) is 5.69 Å². The average molecular weight is 342 g/mol. The molecule has 1 atom stereocenters. The van der Waals surface area contributed by atoms with Crippen LogP contribution in [0.1, 0.15) is 22.0 Å². The largest absolute Gasteiger partial charge is 0.496 e. The highest BCUT2D eigenvalue weighted by Gasteiger charge is 2.20. The zero-order chi connectivity index (χ0) is 18.4. The minimum Gasteiger partial charge on any atom is -0.496 e. The molecule has 0 bridgehead atoms. The first kappa shape index (κ1) is 18.8. The number of nitrogens with one attached hydrogen (secondary N) is 2. The second-order valence-corrected chi connectivity index (χ2v) is 6.53. The third-order valence-corrected chi connectivity index (χ3v) is 4.33. The summed E-state index contributed by atoms with van der Waals surface area (Å²) in [6.07, 6.45) is 0. The maximum Gasteiger partial charge on any atom is 0.255 e.